The van der Waals surface area contributed by atoms with Crippen LogP contribution in [0.15, 0.2) is 0 Å². The fraction of sp³-hybridized carbons (Fsp3) is 1.00. The number of epoxide rings is 1. The highest BCUT2D eigenvalue weighted by atomic mass is 16.6. The highest BCUT2D eigenvalue weighted by Crippen LogP contribution is 2.67. The maximum Gasteiger partial charge on any atom is 0.0847 e. The van der Waals surface area contributed by atoms with Gasteiger partial charge < -0.3 is 9.84 Å². The highest BCUT2D eigenvalue weighted by molar-refractivity contribution is 5.12. The molecule has 21 heavy (non-hydrogen) atoms. The number of aliphatic hydroxyl groups excluding tert-OH is 1. The molecule has 0 bridgehead atoms. The molecule has 1 N–H and O–H groups in total. The number of rotatable bonds is 0. The van der Waals surface area contributed by atoms with Crippen molar-refractivity contribution in [2.24, 2.45) is 34.5 Å². The second kappa shape index (κ2) is 4.06. The average Bonchev–Trinajstić information content (AvgIpc) is 3.12. The van der Waals surface area contributed by atoms with E-state index in [0.717, 1.165) is 30.1 Å². The minimum absolute atomic E-state index is 0.0310. The number of aliphatic hydroxyl groups is 1. The molecular formula is C19H30O2. The first-order chi connectivity index (χ1) is 10.0. The van der Waals surface area contributed by atoms with Gasteiger partial charge in [0.2, 0.25) is 0 Å². The summed E-state index contributed by atoms with van der Waals surface area (Å²) >= 11 is 0. The topological polar surface area (TPSA) is 32.8 Å². The Labute approximate surface area is 128 Å². The third-order valence-electron chi connectivity index (χ3n) is 8.86. The van der Waals surface area contributed by atoms with Crippen LogP contribution in [0, 0.1) is 34.5 Å². The van der Waals surface area contributed by atoms with Gasteiger partial charge in [0.1, 0.15) is 0 Å². The Morgan fingerprint density at radius 2 is 1.71 bits per heavy atom. The van der Waals surface area contributed by atoms with Crippen molar-refractivity contribution in [1.29, 1.82) is 0 Å². The van der Waals surface area contributed by atoms with E-state index in [1.165, 1.54) is 44.9 Å². The molecule has 0 aromatic rings. The first kappa shape index (κ1) is 13.4. The summed E-state index contributed by atoms with van der Waals surface area (Å²) in [5, 5.41) is 10.5. The second-order valence-electron chi connectivity index (χ2n) is 9.45. The summed E-state index contributed by atoms with van der Waals surface area (Å²) in [5.74, 6) is 3.50. The molecule has 118 valence electrons. The lowest BCUT2D eigenvalue weighted by molar-refractivity contribution is -0.117. The van der Waals surface area contributed by atoms with Crippen molar-refractivity contribution >= 4 is 0 Å². The van der Waals surface area contributed by atoms with Gasteiger partial charge in [-0.25, -0.2) is 0 Å². The molecule has 9 atom stereocenters. The maximum atomic E-state index is 10.5. The van der Waals surface area contributed by atoms with Crippen LogP contribution in [-0.2, 0) is 4.74 Å². The van der Waals surface area contributed by atoms with E-state index in [1.54, 1.807) is 0 Å². The van der Waals surface area contributed by atoms with Gasteiger partial charge in [-0.2, -0.15) is 0 Å². The molecular weight excluding hydrogens is 260 g/mol. The van der Waals surface area contributed by atoms with Gasteiger partial charge in [0.15, 0.2) is 0 Å². The molecule has 1 heterocycles. The predicted octanol–water partition coefficient (Wildman–Crippen LogP) is 3.77. The smallest absolute Gasteiger partial charge is 0.0847 e. The summed E-state index contributed by atoms with van der Waals surface area (Å²) in [5.41, 5.74) is 0.771. The first-order valence-electron chi connectivity index (χ1n) is 9.36. The predicted molar refractivity (Wildman–Crippen MR) is 81.8 cm³/mol. The Kier molecular flexibility index (Phi) is 2.58. The van der Waals surface area contributed by atoms with Crippen molar-refractivity contribution < 1.29 is 9.84 Å². The lowest BCUT2D eigenvalue weighted by Crippen LogP contribution is -2.54. The summed E-state index contributed by atoms with van der Waals surface area (Å²) in [7, 11) is 0. The minimum Gasteiger partial charge on any atom is -0.393 e. The third-order valence-corrected chi connectivity index (χ3v) is 8.86. The lowest BCUT2D eigenvalue weighted by atomic mass is 9.45. The van der Waals surface area contributed by atoms with Gasteiger partial charge >= 0.3 is 0 Å². The maximum absolute atomic E-state index is 10.5. The van der Waals surface area contributed by atoms with E-state index in [9.17, 15) is 5.11 Å². The van der Waals surface area contributed by atoms with Crippen molar-refractivity contribution in [1.82, 2.24) is 0 Å². The van der Waals surface area contributed by atoms with Crippen LogP contribution in [0.5, 0.6) is 0 Å². The van der Waals surface area contributed by atoms with Crippen molar-refractivity contribution in [2.45, 2.75) is 83.5 Å². The number of hydrogen-bond acceptors (Lipinski definition) is 2. The van der Waals surface area contributed by atoms with Gasteiger partial charge in [-0.15, -0.1) is 0 Å². The minimum atomic E-state index is -0.0310. The van der Waals surface area contributed by atoms with E-state index in [1.807, 2.05) is 0 Å². The van der Waals surface area contributed by atoms with E-state index in [-0.39, 0.29) is 11.5 Å². The zero-order valence-corrected chi connectivity index (χ0v) is 13.6. The van der Waals surface area contributed by atoms with Gasteiger partial charge in [0.25, 0.3) is 0 Å². The van der Waals surface area contributed by atoms with Crippen molar-refractivity contribution in [3.05, 3.63) is 0 Å². The number of hydrogen-bond donors (Lipinski definition) is 1. The summed E-state index contributed by atoms with van der Waals surface area (Å²) < 4.78 is 5.90. The summed E-state index contributed by atoms with van der Waals surface area (Å²) in [6.45, 7) is 4.99. The van der Waals surface area contributed by atoms with Crippen LogP contribution in [0.1, 0.15) is 65.2 Å². The molecule has 0 unspecified atom stereocenters. The molecule has 0 amide bonds. The zero-order chi connectivity index (χ0) is 14.4. The normalized spacial score (nSPS) is 65.0. The fourth-order valence-corrected chi connectivity index (χ4v) is 7.49. The van der Waals surface area contributed by atoms with E-state index in [2.05, 4.69) is 13.8 Å². The van der Waals surface area contributed by atoms with Gasteiger partial charge in [0, 0.05) is 0 Å². The Morgan fingerprint density at radius 1 is 0.905 bits per heavy atom. The van der Waals surface area contributed by atoms with Crippen LogP contribution in [-0.4, -0.2) is 23.4 Å². The second-order valence-corrected chi connectivity index (χ2v) is 9.45. The molecule has 0 radical (unpaired) electrons. The lowest BCUT2D eigenvalue weighted by Gasteiger charge is -2.59. The van der Waals surface area contributed by atoms with Crippen LogP contribution in [0.2, 0.25) is 0 Å². The molecule has 0 spiro atoms. The molecule has 5 aliphatic rings. The van der Waals surface area contributed by atoms with Crippen LogP contribution in [0.3, 0.4) is 0 Å². The molecule has 2 nitrogen and oxygen atoms in total. The Morgan fingerprint density at radius 3 is 2.57 bits per heavy atom. The van der Waals surface area contributed by atoms with Crippen molar-refractivity contribution in [2.75, 3.05) is 0 Å². The SMILES string of the molecule is C[C@]12C[C@H]3O[C@@H]3C[C@H]1CC[C@@H]1[C@@H]2CC[C@]2(C)[C@@H](O)CC[C@@H]12. The average molecular weight is 290 g/mol. The van der Waals surface area contributed by atoms with E-state index in [4.69, 9.17) is 4.74 Å². The fourth-order valence-electron chi connectivity index (χ4n) is 7.49. The molecule has 5 rings (SSSR count). The van der Waals surface area contributed by atoms with Gasteiger partial charge in [-0.05, 0) is 85.9 Å². The monoisotopic (exact) mass is 290 g/mol. The molecule has 4 saturated carbocycles. The first-order valence-corrected chi connectivity index (χ1v) is 9.36. The standard InChI is InChI=1S/C19H30O2/c1-18-8-7-14-12(13(18)5-6-17(18)20)4-3-11-9-15-16(21-15)10-19(11,14)2/h11-17,20H,3-10H2,1-2H3/t11-,12+,13+,14+,15-,16-,17+,18+,19+/m1/s1. The Balaban J connectivity index is 1.47. The van der Waals surface area contributed by atoms with E-state index >= 15 is 0 Å². The molecule has 1 saturated heterocycles. The zero-order valence-electron chi connectivity index (χ0n) is 13.6. The van der Waals surface area contributed by atoms with Crippen LogP contribution >= 0.6 is 0 Å². The van der Waals surface area contributed by atoms with Crippen molar-refractivity contribution in [3.8, 4) is 0 Å². The summed E-state index contributed by atoms with van der Waals surface area (Å²) in [6.07, 6.45) is 11.7. The molecule has 5 fully saturated rings. The van der Waals surface area contributed by atoms with Crippen LogP contribution < -0.4 is 0 Å². The van der Waals surface area contributed by atoms with Gasteiger partial charge in [-0.1, -0.05) is 13.8 Å². The van der Waals surface area contributed by atoms with Crippen LogP contribution in [0.4, 0.5) is 0 Å². The molecule has 0 aromatic heterocycles. The van der Waals surface area contributed by atoms with Gasteiger partial charge in [0.05, 0.1) is 18.3 Å². The summed E-state index contributed by atoms with van der Waals surface area (Å²) in [6, 6.07) is 0. The van der Waals surface area contributed by atoms with Crippen molar-refractivity contribution in [3.63, 3.8) is 0 Å². The van der Waals surface area contributed by atoms with Gasteiger partial charge in [-0.3, -0.25) is 0 Å². The molecule has 4 aliphatic carbocycles. The number of ether oxygens (including phenoxy) is 1. The molecule has 2 heteroatoms. The number of fused-ring (bicyclic) bond motifs is 6. The molecule has 0 aromatic carbocycles. The Bertz CT molecular complexity index is 462. The quantitative estimate of drug-likeness (QED) is 0.689. The van der Waals surface area contributed by atoms with Crippen LogP contribution in [0.25, 0.3) is 0 Å². The Hall–Kier alpha value is -0.0800. The third kappa shape index (κ3) is 1.62. The largest absolute Gasteiger partial charge is 0.393 e. The van der Waals surface area contributed by atoms with E-state index in [0.29, 0.717) is 17.6 Å². The van der Waals surface area contributed by atoms with E-state index < -0.39 is 0 Å². The highest BCUT2D eigenvalue weighted by Gasteiger charge is 2.63. The molecule has 1 aliphatic heterocycles. The summed E-state index contributed by atoms with van der Waals surface area (Å²) in [4.78, 5) is 0.